The lowest BCUT2D eigenvalue weighted by molar-refractivity contribution is -0.117. The number of aromatic amines is 1. The highest BCUT2D eigenvalue weighted by Crippen LogP contribution is 2.18. The first kappa shape index (κ1) is 11.3. The third-order valence-electron chi connectivity index (χ3n) is 2.31. The lowest BCUT2D eigenvalue weighted by atomic mass is 10.0. The Balaban J connectivity index is 3.22. The maximum Gasteiger partial charge on any atom is 0.253 e. The van der Waals surface area contributed by atoms with Crippen LogP contribution in [0.3, 0.4) is 0 Å². The van der Waals surface area contributed by atoms with Crippen LogP contribution in [0, 0.1) is 13.8 Å². The Bertz CT molecular complexity index is 407. The highest BCUT2D eigenvalue weighted by molar-refractivity contribution is 5.98. The van der Waals surface area contributed by atoms with Gasteiger partial charge in [0.15, 0.2) is 0 Å². The van der Waals surface area contributed by atoms with Gasteiger partial charge in [-0.1, -0.05) is 0 Å². The predicted octanol–water partition coefficient (Wildman–Crippen LogP) is 0.0189. The van der Waals surface area contributed by atoms with Gasteiger partial charge in [-0.15, -0.1) is 0 Å². The van der Waals surface area contributed by atoms with Gasteiger partial charge in [-0.05, 0) is 19.4 Å². The zero-order chi connectivity index (χ0) is 11.6. The van der Waals surface area contributed by atoms with Crippen molar-refractivity contribution in [1.82, 2.24) is 10.3 Å². The van der Waals surface area contributed by atoms with Crippen molar-refractivity contribution in [3.05, 3.63) is 22.5 Å². The summed E-state index contributed by atoms with van der Waals surface area (Å²) in [5.41, 5.74) is 7.89. The van der Waals surface area contributed by atoms with Crippen LogP contribution in [0.1, 0.15) is 27.3 Å². The van der Waals surface area contributed by atoms with Crippen LogP contribution in [0.5, 0.6) is 0 Å². The number of carbonyl (C=O) groups excluding carboxylic acids is 2. The fraction of sp³-hybridized carbons (Fsp3) is 0.400. The van der Waals surface area contributed by atoms with Crippen LogP contribution in [0.25, 0.3) is 0 Å². The van der Waals surface area contributed by atoms with E-state index in [9.17, 15) is 9.59 Å². The molecule has 0 atom stereocenters. The first-order valence-electron chi connectivity index (χ1n) is 4.65. The summed E-state index contributed by atoms with van der Waals surface area (Å²) in [5.74, 6) is -0.643. The van der Waals surface area contributed by atoms with E-state index in [2.05, 4.69) is 10.3 Å². The Morgan fingerprint density at radius 2 is 1.93 bits per heavy atom. The van der Waals surface area contributed by atoms with Crippen molar-refractivity contribution in [3.63, 3.8) is 0 Å². The number of aryl methyl sites for hydroxylation is 2. The Morgan fingerprint density at radius 3 is 2.40 bits per heavy atom. The molecular weight excluding hydrogens is 194 g/mol. The predicted molar refractivity (Wildman–Crippen MR) is 56.6 cm³/mol. The monoisotopic (exact) mass is 209 g/mol. The highest BCUT2D eigenvalue weighted by atomic mass is 16.2. The van der Waals surface area contributed by atoms with Gasteiger partial charge in [0.25, 0.3) is 5.91 Å². The number of H-pyrrole nitrogens is 1. The molecule has 0 aliphatic carbocycles. The Hall–Kier alpha value is -1.78. The smallest absolute Gasteiger partial charge is 0.253 e. The number of hydrogen-bond acceptors (Lipinski definition) is 2. The van der Waals surface area contributed by atoms with Gasteiger partial charge in [0, 0.05) is 18.4 Å². The molecule has 1 rings (SSSR count). The quantitative estimate of drug-likeness (QED) is 0.655. The van der Waals surface area contributed by atoms with Crippen molar-refractivity contribution in [2.75, 3.05) is 7.05 Å². The summed E-state index contributed by atoms with van der Waals surface area (Å²) in [7, 11) is 1.55. The summed E-state index contributed by atoms with van der Waals surface area (Å²) in [4.78, 5) is 25.5. The lowest BCUT2D eigenvalue weighted by Gasteiger charge is -2.03. The maximum absolute atomic E-state index is 11.6. The largest absolute Gasteiger partial charge is 0.369 e. The number of hydrogen-bond donors (Lipinski definition) is 3. The molecule has 82 valence electrons. The number of amides is 2. The molecule has 5 nitrogen and oxygen atoms in total. The van der Waals surface area contributed by atoms with Gasteiger partial charge in [-0.2, -0.15) is 0 Å². The van der Waals surface area contributed by atoms with E-state index in [4.69, 9.17) is 5.73 Å². The van der Waals surface area contributed by atoms with Crippen LogP contribution in [0.15, 0.2) is 0 Å². The number of primary amides is 1. The minimum atomic E-state index is -0.442. The third-order valence-corrected chi connectivity index (χ3v) is 2.31. The normalized spacial score (nSPS) is 10.1. The molecule has 0 aromatic carbocycles. The molecular formula is C10H15N3O2. The Morgan fingerprint density at radius 1 is 1.33 bits per heavy atom. The van der Waals surface area contributed by atoms with Gasteiger partial charge in [-0.3, -0.25) is 9.59 Å². The van der Waals surface area contributed by atoms with Gasteiger partial charge >= 0.3 is 0 Å². The van der Waals surface area contributed by atoms with Gasteiger partial charge < -0.3 is 16.0 Å². The average Bonchev–Trinajstić information content (AvgIpc) is 2.40. The molecule has 4 N–H and O–H groups in total. The zero-order valence-electron chi connectivity index (χ0n) is 9.10. The first-order valence-corrected chi connectivity index (χ1v) is 4.65. The summed E-state index contributed by atoms with van der Waals surface area (Å²) in [6, 6.07) is 0. The molecule has 5 heteroatoms. The molecule has 2 amide bonds. The van der Waals surface area contributed by atoms with Crippen molar-refractivity contribution >= 4 is 11.8 Å². The van der Waals surface area contributed by atoms with Gasteiger partial charge in [-0.25, -0.2) is 0 Å². The number of rotatable bonds is 3. The Labute approximate surface area is 88.0 Å². The summed E-state index contributed by atoms with van der Waals surface area (Å²) in [6.45, 7) is 3.61. The van der Waals surface area contributed by atoms with E-state index in [1.54, 1.807) is 14.0 Å². The topological polar surface area (TPSA) is 88.0 Å². The minimum absolute atomic E-state index is 0.0823. The van der Waals surface area contributed by atoms with Gasteiger partial charge in [0.1, 0.15) is 0 Å². The summed E-state index contributed by atoms with van der Waals surface area (Å²) in [5, 5.41) is 2.54. The molecule has 15 heavy (non-hydrogen) atoms. The Kier molecular flexibility index (Phi) is 3.14. The molecule has 0 unspecified atom stereocenters. The summed E-state index contributed by atoms with van der Waals surface area (Å²) >= 11 is 0. The first-order chi connectivity index (χ1) is 6.97. The second kappa shape index (κ2) is 4.16. The molecule has 0 saturated heterocycles. The van der Waals surface area contributed by atoms with Crippen molar-refractivity contribution in [2.24, 2.45) is 5.73 Å². The van der Waals surface area contributed by atoms with Crippen LogP contribution in [-0.2, 0) is 11.2 Å². The van der Waals surface area contributed by atoms with Crippen LogP contribution < -0.4 is 11.1 Å². The molecule has 0 aliphatic rings. The summed E-state index contributed by atoms with van der Waals surface area (Å²) in [6.07, 6.45) is 0.0823. The molecule has 0 fully saturated rings. The molecule has 1 aromatic heterocycles. The van der Waals surface area contributed by atoms with Crippen LogP contribution in [-0.4, -0.2) is 23.8 Å². The fourth-order valence-electron chi connectivity index (χ4n) is 1.66. The van der Waals surface area contributed by atoms with Crippen molar-refractivity contribution < 1.29 is 9.59 Å². The van der Waals surface area contributed by atoms with Gasteiger partial charge in [0.05, 0.1) is 12.0 Å². The van der Waals surface area contributed by atoms with E-state index in [0.29, 0.717) is 11.1 Å². The molecule has 0 radical (unpaired) electrons. The fourth-order valence-corrected chi connectivity index (χ4v) is 1.66. The van der Waals surface area contributed by atoms with E-state index < -0.39 is 5.91 Å². The van der Waals surface area contributed by atoms with E-state index in [-0.39, 0.29) is 12.3 Å². The number of carbonyl (C=O) groups is 2. The minimum Gasteiger partial charge on any atom is -0.369 e. The molecule has 0 saturated carbocycles. The van der Waals surface area contributed by atoms with Crippen molar-refractivity contribution in [3.8, 4) is 0 Å². The van der Waals surface area contributed by atoms with Crippen LogP contribution >= 0.6 is 0 Å². The standard InChI is InChI=1S/C10H15N3O2/c1-5-7(4-8(11)14)9(6(2)13-5)10(15)12-3/h13H,4H2,1-3H3,(H2,11,14)(H,12,15). The summed E-state index contributed by atoms with van der Waals surface area (Å²) < 4.78 is 0. The number of nitrogens with two attached hydrogens (primary N) is 1. The van der Waals surface area contributed by atoms with Crippen molar-refractivity contribution in [2.45, 2.75) is 20.3 Å². The molecule has 1 heterocycles. The van der Waals surface area contributed by atoms with Crippen LogP contribution in [0.4, 0.5) is 0 Å². The van der Waals surface area contributed by atoms with Crippen molar-refractivity contribution in [1.29, 1.82) is 0 Å². The molecule has 0 aliphatic heterocycles. The van der Waals surface area contributed by atoms with E-state index in [1.165, 1.54) is 0 Å². The molecule has 1 aromatic rings. The SMILES string of the molecule is CNC(=O)c1c(C)[nH]c(C)c1CC(N)=O. The number of aromatic nitrogens is 1. The van der Waals surface area contributed by atoms with E-state index >= 15 is 0 Å². The second-order valence-corrected chi connectivity index (χ2v) is 3.45. The van der Waals surface area contributed by atoms with E-state index in [0.717, 1.165) is 11.4 Å². The second-order valence-electron chi connectivity index (χ2n) is 3.45. The number of nitrogens with one attached hydrogen (secondary N) is 2. The highest BCUT2D eigenvalue weighted by Gasteiger charge is 2.19. The molecule has 0 bridgehead atoms. The molecule has 0 spiro atoms. The van der Waals surface area contributed by atoms with Gasteiger partial charge in [0.2, 0.25) is 5.91 Å². The average molecular weight is 209 g/mol. The van der Waals surface area contributed by atoms with Crippen LogP contribution in [0.2, 0.25) is 0 Å². The zero-order valence-corrected chi connectivity index (χ0v) is 9.10. The third kappa shape index (κ3) is 2.18. The lowest BCUT2D eigenvalue weighted by Crippen LogP contribution is -2.22. The van der Waals surface area contributed by atoms with E-state index in [1.807, 2.05) is 6.92 Å². The maximum atomic E-state index is 11.6.